The van der Waals surface area contributed by atoms with Crippen LogP contribution in [0, 0.1) is 5.92 Å². The van der Waals surface area contributed by atoms with E-state index in [2.05, 4.69) is 18.9 Å². The number of hydrogen-bond donors (Lipinski definition) is 1. The zero-order valence-electron chi connectivity index (χ0n) is 17.8. The number of aromatic carboxylic acids is 1. The number of nitrogens with zero attached hydrogens (tertiary/aromatic N) is 3. The molecule has 3 aromatic rings. The molecule has 1 heterocycles. The highest BCUT2D eigenvalue weighted by Crippen LogP contribution is 2.24. The SMILES string of the molecule is CCCn1nc(CCC(C)C)n(Cc2ccc(-c3ccccc3C(=O)O)cc2)c1=O. The maximum Gasteiger partial charge on any atom is 0.346 e. The number of carboxylic acid groups (broad SMARTS) is 1. The third kappa shape index (κ3) is 4.87. The maximum absolute atomic E-state index is 12.8. The van der Waals surface area contributed by atoms with E-state index in [4.69, 9.17) is 0 Å². The molecule has 0 radical (unpaired) electrons. The van der Waals surface area contributed by atoms with E-state index >= 15 is 0 Å². The Hall–Kier alpha value is -3.15. The first-order chi connectivity index (χ1) is 14.4. The first-order valence-electron chi connectivity index (χ1n) is 10.5. The van der Waals surface area contributed by atoms with Gasteiger partial charge in [-0.2, -0.15) is 5.10 Å². The van der Waals surface area contributed by atoms with E-state index in [0.29, 0.717) is 24.6 Å². The number of carboxylic acids is 1. The molecule has 0 saturated heterocycles. The normalized spacial score (nSPS) is 11.2. The van der Waals surface area contributed by atoms with E-state index in [9.17, 15) is 14.7 Å². The van der Waals surface area contributed by atoms with Crippen molar-refractivity contribution in [2.45, 2.75) is 53.1 Å². The molecule has 0 amide bonds. The van der Waals surface area contributed by atoms with Gasteiger partial charge in [-0.1, -0.05) is 63.2 Å². The summed E-state index contributed by atoms with van der Waals surface area (Å²) < 4.78 is 3.32. The van der Waals surface area contributed by atoms with Crippen LogP contribution >= 0.6 is 0 Å². The zero-order valence-corrected chi connectivity index (χ0v) is 17.8. The molecular weight excluding hydrogens is 378 g/mol. The van der Waals surface area contributed by atoms with Crippen molar-refractivity contribution in [2.24, 2.45) is 5.92 Å². The Balaban J connectivity index is 1.88. The van der Waals surface area contributed by atoms with Crippen LogP contribution in [0.1, 0.15) is 55.4 Å². The maximum atomic E-state index is 12.8. The lowest BCUT2D eigenvalue weighted by atomic mass is 9.99. The van der Waals surface area contributed by atoms with Crippen LogP contribution in [0.15, 0.2) is 53.3 Å². The third-order valence-electron chi connectivity index (χ3n) is 5.14. The molecule has 0 spiro atoms. The topological polar surface area (TPSA) is 77.1 Å². The van der Waals surface area contributed by atoms with E-state index < -0.39 is 5.97 Å². The van der Waals surface area contributed by atoms with Crippen LogP contribution in [0.2, 0.25) is 0 Å². The third-order valence-corrected chi connectivity index (χ3v) is 5.14. The van der Waals surface area contributed by atoms with Crippen LogP contribution < -0.4 is 5.69 Å². The molecule has 158 valence electrons. The fourth-order valence-electron chi connectivity index (χ4n) is 3.50. The lowest BCUT2D eigenvalue weighted by Crippen LogP contribution is -2.26. The summed E-state index contributed by atoms with van der Waals surface area (Å²) in [7, 11) is 0. The van der Waals surface area contributed by atoms with Crippen LogP contribution in [0.3, 0.4) is 0 Å². The number of rotatable bonds is 9. The number of aryl methyl sites for hydroxylation is 2. The molecule has 30 heavy (non-hydrogen) atoms. The molecule has 0 aliphatic carbocycles. The van der Waals surface area contributed by atoms with Crippen LogP contribution in [0.5, 0.6) is 0 Å². The first-order valence-corrected chi connectivity index (χ1v) is 10.5. The molecule has 0 aliphatic rings. The fraction of sp³-hybridized carbons (Fsp3) is 0.375. The summed E-state index contributed by atoms with van der Waals surface area (Å²) >= 11 is 0. The number of carbonyl (C=O) groups is 1. The molecule has 0 saturated carbocycles. The van der Waals surface area contributed by atoms with Gasteiger partial charge < -0.3 is 5.11 Å². The van der Waals surface area contributed by atoms with Crippen molar-refractivity contribution in [2.75, 3.05) is 0 Å². The molecule has 0 unspecified atom stereocenters. The van der Waals surface area contributed by atoms with E-state index in [1.54, 1.807) is 21.4 Å². The van der Waals surface area contributed by atoms with Crippen molar-refractivity contribution in [3.8, 4) is 11.1 Å². The van der Waals surface area contributed by atoms with Gasteiger partial charge >= 0.3 is 11.7 Å². The van der Waals surface area contributed by atoms with Gasteiger partial charge in [-0.15, -0.1) is 0 Å². The summed E-state index contributed by atoms with van der Waals surface area (Å²) in [5.74, 6) is 0.417. The average Bonchev–Trinajstić information content (AvgIpc) is 3.02. The van der Waals surface area contributed by atoms with Crippen LogP contribution in [-0.2, 0) is 19.5 Å². The summed E-state index contributed by atoms with van der Waals surface area (Å²) in [6, 6.07) is 14.7. The summed E-state index contributed by atoms with van der Waals surface area (Å²) in [5.41, 5.74) is 2.71. The van der Waals surface area contributed by atoms with Gasteiger partial charge in [-0.05, 0) is 41.5 Å². The number of aromatic nitrogens is 3. The lowest BCUT2D eigenvalue weighted by molar-refractivity contribution is 0.0697. The number of benzene rings is 2. The van der Waals surface area contributed by atoms with E-state index in [0.717, 1.165) is 36.2 Å². The summed E-state index contributed by atoms with van der Waals surface area (Å²) in [5, 5.41) is 14.0. The highest BCUT2D eigenvalue weighted by molar-refractivity contribution is 5.95. The van der Waals surface area contributed by atoms with Crippen LogP contribution in [-0.4, -0.2) is 25.4 Å². The predicted molar refractivity (Wildman–Crippen MR) is 118 cm³/mol. The predicted octanol–water partition coefficient (Wildman–Crippen LogP) is 4.46. The minimum atomic E-state index is -0.945. The molecule has 0 aliphatic heterocycles. The highest BCUT2D eigenvalue weighted by atomic mass is 16.4. The van der Waals surface area contributed by atoms with Gasteiger partial charge in [0.15, 0.2) is 0 Å². The van der Waals surface area contributed by atoms with E-state index in [1.807, 2.05) is 43.3 Å². The second-order valence-electron chi connectivity index (χ2n) is 7.99. The second kappa shape index (κ2) is 9.57. The zero-order chi connectivity index (χ0) is 21.7. The van der Waals surface area contributed by atoms with Crippen molar-refractivity contribution in [1.29, 1.82) is 0 Å². The Morgan fingerprint density at radius 2 is 1.80 bits per heavy atom. The molecule has 0 fully saturated rings. The Morgan fingerprint density at radius 3 is 2.43 bits per heavy atom. The molecule has 6 nitrogen and oxygen atoms in total. The largest absolute Gasteiger partial charge is 0.478 e. The monoisotopic (exact) mass is 407 g/mol. The average molecular weight is 408 g/mol. The Labute approximate surface area is 176 Å². The van der Waals surface area contributed by atoms with Crippen molar-refractivity contribution in [1.82, 2.24) is 14.3 Å². The standard InChI is InChI=1S/C24H29N3O3/c1-4-15-27-24(30)26(22(25-27)14-9-17(2)3)16-18-10-12-19(13-11-18)20-7-5-6-8-21(20)23(28)29/h5-8,10-13,17H,4,9,14-16H2,1-3H3,(H,28,29). The molecule has 6 heteroatoms. The molecule has 2 aromatic carbocycles. The van der Waals surface area contributed by atoms with Gasteiger partial charge in [0.25, 0.3) is 0 Å². The Morgan fingerprint density at radius 1 is 1.10 bits per heavy atom. The number of hydrogen-bond acceptors (Lipinski definition) is 3. The molecule has 3 rings (SSSR count). The van der Waals surface area contributed by atoms with Gasteiger partial charge in [0.05, 0.1) is 12.1 Å². The summed E-state index contributed by atoms with van der Waals surface area (Å²) in [6.07, 6.45) is 2.61. The minimum absolute atomic E-state index is 0.0732. The molecule has 0 bridgehead atoms. The summed E-state index contributed by atoms with van der Waals surface area (Å²) in [4.78, 5) is 24.3. The van der Waals surface area contributed by atoms with Crippen molar-refractivity contribution >= 4 is 5.97 Å². The Bertz CT molecular complexity index is 1060. The van der Waals surface area contributed by atoms with E-state index in [1.165, 1.54) is 0 Å². The molecular formula is C24H29N3O3. The van der Waals surface area contributed by atoms with Gasteiger partial charge in [0.1, 0.15) is 5.82 Å². The Kier molecular flexibility index (Phi) is 6.87. The molecule has 1 N–H and O–H groups in total. The fourth-order valence-corrected chi connectivity index (χ4v) is 3.50. The molecule has 1 aromatic heterocycles. The van der Waals surface area contributed by atoms with Crippen LogP contribution in [0.4, 0.5) is 0 Å². The van der Waals surface area contributed by atoms with E-state index in [-0.39, 0.29) is 11.3 Å². The lowest BCUT2D eigenvalue weighted by Gasteiger charge is -2.09. The highest BCUT2D eigenvalue weighted by Gasteiger charge is 2.15. The van der Waals surface area contributed by atoms with Gasteiger partial charge in [0, 0.05) is 13.0 Å². The van der Waals surface area contributed by atoms with Gasteiger partial charge in [-0.3, -0.25) is 4.57 Å². The van der Waals surface area contributed by atoms with Gasteiger partial charge in [-0.25, -0.2) is 14.3 Å². The molecule has 0 atom stereocenters. The first kappa shape index (κ1) is 21.6. The summed E-state index contributed by atoms with van der Waals surface area (Å²) in [6.45, 7) is 7.44. The minimum Gasteiger partial charge on any atom is -0.478 e. The van der Waals surface area contributed by atoms with Gasteiger partial charge in [0.2, 0.25) is 0 Å². The van der Waals surface area contributed by atoms with Crippen molar-refractivity contribution in [3.63, 3.8) is 0 Å². The smallest absolute Gasteiger partial charge is 0.346 e. The van der Waals surface area contributed by atoms with Crippen LogP contribution in [0.25, 0.3) is 11.1 Å². The van der Waals surface area contributed by atoms with Crippen molar-refractivity contribution < 1.29 is 9.90 Å². The van der Waals surface area contributed by atoms with Crippen molar-refractivity contribution in [3.05, 3.63) is 76.0 Å². The second-order valence-corrected chi connectivity index (χ2v) is 7.99. The quantitative estimate of drug-likeness (QED) is 0.568.